The van der Waals surface area contributed by atoms with Crippen LogP contribution in [0.4, 0.5) is 14.5 Å². The molecule has 0 heterocycles. The Bertz CT molecular complexity index is 1260. The van der Waals surface area contributed by atoms with Gasteiger partial charge in [-0.15, -0.1) is 0 Å². The van der Waals surface area contributed by atoms with Crippen molar-refractivity contribution in [3.63, 3.8) is 0 Å². The second-order valence-electron chi connectivity index (χ2n) is 8.26. The maximum Gasteiger partial charge on any atom is 0.338 e. The van der Waals surface area contributed by atoms with E-state index in [0.29, 0.717) is 22.3 Å². The van der Waals surface area contributed by atoms with Crippen LogP contribution in [-0.4, -0.2) is 28.3 Å². The van der Waals surface area contributed by atoms with Crippen molar-refractivity contribution in [2.45, 2.75) is 37.4 Å². The number of carbonyl (C=O) groups excluding carboxylic acids is 1. The summed E-state index contributed by atoms with van der Waals surface area (Å²) >= 11 is 0. The Morgan fingerprint density at radius 2 is 1.48 bits per heavy atom. The molecule has 5 rings (SSSR count). The number of alkyl halides is 2. The highest BCUT2D eigenvalue weighted by atomic mass is 19.1. The number of hydrogen-bond donors (Lipinski definition) is 1. The summed E-state index contributed by atoms with van der Waals surface area (Å²) in [6.45, 7) is 0. The maximum atomic E-state index is 15.1. The molecule has 2 aliphatic carbocycles. The molecular weight excluding hydrogens is 432 g/mol. The number of ether oxygens (including phenoxy) is 1. The van der Waals surface area contributed by atoms with Crippen LogP contribution in [0, 0.1) is 10.1 Å². The van der Waals surface area contributed by atoms with E-state index in [4.69, 9.17) is 4.74 Å². The molecule has 33 heavy (non-hydrogen) atoms. The molecule has 0 radical (unpaired) electrons. The number of aliphatic hydroxyl groups is 1. The average molecular weight is 451 g/mol. The molecule has 0 aromatic heterocycles. The Labute approximate surface area is 187 Å². The predicted octanol–water partition coefficient (Wildman–Crippen LogP) is 4.98. The van der Waals surface area contributed by atoms with E-state index >= 15 is 4.39 Å². The van der Waals surface area contributed by atoms with Gasteiger partial charge in [0.05, 0.1) is 10.5 Å². The molecule has 8 heteroatoms. The van der Waals surface area contributed by atoms with Crippen molar-refractivity contribution < 1.29 is 28.3 Å². The van der Waals surface area contributed by atoms with E-state index in [1.165, 1.54) is 24.3 Å². The van der Waals surface area contributed by atoms with E-state index < -0.39 is 35.4 Å². The average Bonchev–Trinajstić information content (AvgIpc) is 3.29. The van der Waals surface area contributed by atoms with E-state index in [0.717, 1.165) is 11.1 Å². The molecule has 0 unspecified atom stereocenters. The quantitative estimate of drug-likeness (QED) is 0.343. The predicted molar refractivity (Wildman–Crippen MR) is 115 cm³/mol. The van der Waals surface area contributed by atoms with Crippen LogP contribution < -0.4 is 0 Å². The number of esters is 1. The van der Waals surface area contributed by atoms with Gasteiger partial charge in [-0.25, -0.2) is 13.6 Å². The molecule has 3 aromatic rings. The van der Waals surface area contributed by atoms with Crippen molar-refractivity contribution in [2.24, 2.45) is 0 Å². The number of halogens is 2. The zero-order valence-corrected chi connectivity index (χ0v) is 17.3. The Hall–Kier alpha value is -3.65. The molecule has 168 valence electrons. The number of benzene rings is 3. The van der Waals surface area contributed by atoms with E-state index in [2.05, 4.69) is 0 Å². The second kappa shape index (κ2) is 8.04. The highest BCUT2D eigenvalue weighted by Crippen LogP contribution is 2.45. The van der Waals surface area contributed by atoms with Crippen LogP contribution in [0.2, 0.25) is 0 Å². The minimum atomic E-state index is -1.47. The number of aliphatic hydroxyl groups excluding tert-OH is 1. The molecule has 0 saturated carbocycles. The van der Waals surface area contributed by atoms with Gasteiger partial charge in [0.2, 0.25) is 0 Å². The van der Waals surface area contributed by atoms with E-state index in [1.54, 1.807) is 24.3 Å². The van der Waals surface area contributed by atoms with Crippen LogP contribution in [-0.2, 0) is 17.6 Å². The molecule has 4 atom stereocenters. The topological polar surface area (TPSA) is 89.7 Å². The van der Waals surface area contributed by atoms with Crippen LogP contribution in [0.25, 0.3) is 11.1 Å². The van der Waals surface area contributed by atoms with Gasteiger partial charge >= 0.3 is 5.97 Å². The highest BCUT2D eigenvalue weighted by molar-refractivity contribution is 5.90. The van der Waals surface area contributed by atoms with Crippen LogP contribution in [0.5, 0.6) is 0 Å². The monoisotopic (exact) mass is 451 g/mol. The zero-order valence-electron chi connectivity index (χ0n) is 17.3. The highest BCUT2D eigenvalue weighted by Gasteiger charge is 2.39. The van der Waals surface area contributed by atoms with Crippen LogP contribution in [0.3, 0.4) is 0 Å². The third kappa shape index (κ3) is 3.56. The summed E-state index contributed by atoms with van der Waals surface area (Å²) in [6.07, 6.45) is -5.07. The molecule has 0 bridgehead atoms. The maximum absolute atomic E-state index is 15.1. The van der Waals surface area contributed by atoms with Crippen molar-refractivity contribution >= 4 is 11.7 Å². The van der Waals surface area contributed by atoms with Gasteiger partial charge < -0.3 is 9.84 Å². The lowest BCUT2D eigenvalue weighted by atomic mass is 9.91. The number of carbonyl (C=O) groups is 1. The van der Waals surface area contributed by atoms with Gasteiger partial charge in [-0.1, -0.05) is 36.4 Å². The standard InChI is InChI=1S/C25H19F2NO5/c26-21-11-19-15(3-1-5-17(19)23(21)29)16-4-2-6-18-20(16)12-22(27)24(18)33-25(30)13-7-9-14(10-8-13)28(31)32/h1-10,21-24,29H,11-12H2/t21-,22-,23-,24-/m1/s1. The minimum Gasteiger partial charge on any atom is -0.451 e. The number of hydrogen-bond acceptors (Lipinski definition) is 5. The number of nitro groups is 1. The first-order chi connectivity index (χ1) is 15.8. The molecule has 1 N–H and O–H groups in total. The van der Waals surface area contributed by atoms with Crippen LogP contribution >= 0.6 is 0 Å². The van der Waals surface area contributed by atoms with Gasteiger partial charge in [0.15, 0.2) is 6.10 Å². The number of nitro benzene ring substituents is 1. The van der Waals surface area contributed by atoms with E-state index in [9.17, 15) is 24.4 Å². The molecule has 0 saturated heterocycles. The third-order valence-corrected chi connectivity index (χ3v) is 6.36. The normalized spacial score (nSPS) is 23.1. The van der Waals surface area contributed by atoms with Gasteiger partial charge in [0.25, 0.3) is 5.69 Å². The largest absolute Gasteiger partial charge is 0.451 e. The summed E-state index contributed by atoms with van der Waals surface area (Å²) < 4.78 is 34.7. The lowest BCUT2D eigenvalue weighted by molar-refractivity contribution is -0.384. The van der Waals surface area contributed by atoms with Crippen LogP contribution in [0.15, 0.2) is 60.7 Å². The Kier molecular flexibility index (Phi) is 5.17. The molecule has 0 aliphatic heterocycles. The SMILES string of the molecule is O=C(O[C@@H]1c2cccc(-c3cccc4c3C[C@@H](F)[C@@H]4O)c2C[C@H]1F)c1ccc([N+](=O)[O-])cc1. The van der Waals surface area contributed by atoms with Gasteiger partial charge in [-0.05, 0) is 45.5 Å². The summed E-state index contributed by atoms with van der Waals surface area (Å²) in [4.78, 5) is 22.8. The van der Waals surface area contributed by atoms with Crippen molar-refractivity contribution in [3.8, 4) is 11.1 Å². The summed E-state index contributed by atoms with van der Waals surface area (Å²) in [5.41, 5.74) is 3.82. The van der Waals surface area contributed by atoms with E-state index in [-0.39, 0.29) is 24.1 Å². The molecule has 2 aliphatic rings. The molecule has 0 spiro atoms. The summed E-state index contributed by atoms with van der Waals surface area (Å²) in [5.74, 6) is -0.778. The lowest BCUT2D eigenvalue weighted by Gasteiger charge is -2.17. The first-order valence-electron chi connectivity index (χ1n) is 10.5. The van der Waals surface area contributed by atoms with Gasteiger partial charge in [-0.3, -0.25) is 10.1 Å². The Morgan fingerprint density at radius 3 is 2.12 bits per heavy atom. The second-order valence-corrected chi connectivity index (χ2v) is 8.26. The molecule has 3 aromatic carbocycles. The zero-order chi connectivity index (χ0) is 23.3. The third-order valence-electron chi connectivity index (χ3n) is 6.36. The number of nitrogens with zero attached hydrogens (tertiary/aromatic N) is 1. The van der Waals surface area contributed by atoms with Gasteiger partial charge in [0, 0.05) is 25.0 Å². The Morgan fingerprint density at radius 1 is 0.909 bits per heavy atom. The van der Waals surface area contributed by atoms with Gasteiger partial charge in [0.1, 0.15) is 18.4 Å². The fourth-order valence-corrected chi connectivity index (χ4v) is 4.75. The molecular formula is C25H19F2NO5. The first-order valence-corrected chi connectivity index (χ1v) is 10.5. The minimum absolute atomic E-state index is 0.0228. The van der Waals surface area contributed by atoms with Gasteiger partial charge in [-0.2, -0.15) is 0 Å². The summed E-state index contributed by atoms with van der Waals surface area (Å²) in [5, 5.41) is 20.9. The smallest absolute Gasteiger partial charge is 0.338 e. The first kappa shape index (κ1) is 21.2. The lowest BCUT2D eigenvalue weighted by Crippen LogP contribution is -2.17. The number of non-ortho nitro benzene ring substituents is 1. The Balaban J connectivity index is 1.47. The molecule has 6 nitrogen and oxygen atoms in total. The molecule has 0 fully saturated rings. The number of rotatable bonds is 4. The van der Waals surface area contributed by atoms with Crippen molar-refractivity contribution in [2.75, 3.05) is 0 Å². The fourth-order valence-electron chi connectivity index (χ4n) is 4.75. The van der Waals surface area contributed by atoms with E-state index in [1.807, 2.05) is 12.1 Å². The number of fused-ring (bicyclic) bond motifs is 2. The van der Waals surface area contributed by atoms with Crippen LogP contribution in [0.1, 0.15) is 44.8 Å². The summed E-state index contributed by atoms with van der Waals surface area (Å²) in [7, 11) is 0. The molecule has 0 amide bonds. The van der Waals surface area contributed by atoms with Crippen molar-refractivity contribution in [1.29, 1.82) is 0 Å². The fraction of sp³-hybridized carbons (Fsp3) is 0.240. The summed E-state index contributed by atoms with van der Waals surface area (Å²) in [6, 6.07) is 15.4. The van der Waals surface area contributed by atoms with Crippen molar-refractivity contribution in [1.82, 2.24) is 0 Å². The van der Waals surface area contributed by atoms with Crippen molar-refractivity contribution in [3.05, 3.63) is 98.6 Å².